The first-order valence-corrected chi connectivity index (χ1v) is 10.2. The van der Waals surface area contributed by atoms with Crippen LogP contribution >= 0.6 is 0 Å². The van der Waals surface area contributed by atoms with Gasteiger partial charge in [-0.3, -0.25) is 4.79 Å². The van der Waals surface area contributed by atoms with Gasteiger partial charge in [-0.1, -0.05) is 13.8 Å². The molecule has 0 aromatic heterocycles. The molecule has 1 amide bonds. The SMILES string of the molecule is CC1CC2CC(C)CC2(NC(=O)c2ccc(Nc3ccc([NH2+]O)cc3)cc2)C1. The summed E-state index contributed by atoms with van der Waals surface area (Å²) in [6.07, 6.45) is 4.68. The molecule has 0 bridgehead atoms. The van der Waals surface area contributed by atoms with Gasteiger partial charge in [0.15, 0.2) is 5.69 Å². The Morgan fingerprint density at radius 3 is 2.04 bits per heavy atom. The second kappa shape index (κ2) is 7.57. The highest BCUT2D eigenvalue weighted by molar-refractivity contribution is 5.95. The van der Waals surface area contributed by atoms with Crippen LogP contribution in [0.1, 0.15) is 49.9 Å². The van der Waals surface area contributed by atoms with Gasteiger partial charge in [-0.25, -0.2) is 5.21 Å². The average Bonchev–Trinajstić information content (AvgIpc) is 3.12. The van der Waals surface area contributed by atoms with Crippen molar-refractivity contribution in [3.8, 4) is 0 Å². The third-order valence-electron chi connectivity index (χ3n) is 6.44. The molecule has 0 radical (unpaired) electrons. The maximum absolute atomic E-state index is 12.9. The molecule has 5 heteroatoms. The van der Waals surface area contributed by atoms with E-state index in [1.807, 2.05) is 48.5 Å². The topological polar surface area (TPSA) is 78.0 Å². The second-order valence-corrected chi connectivity index (χ2v) is 8.85. The predicted octanol–water partition coefficient (Wildman–Crippen LogP) is 3.96. The zero-order valence-electron chi connectivity index (χ0n) is 16.6. The van der Waals surface area contributed by atoms with E-state index in [0.29, 0.717) is 23.3 Å². The number of nitrogens with two attached hydrogens (primary N) is 1. The van der Waals surface area contributed by atoms with Gasteiger partial charge in [-0.05, 0) is 79.8 Å². The van der Waals surface area contributed by atoms with E-state index in [9.17, 15) is 4.79 Å². The highest BCUT2D eigenvalue weighted by Crippen LogP contribution is 2.52. The summed E-state index contributed by atoms with van der Waals surface area (Å²) in [6, 6.07) is 15.1. The fourth-order valence-corrected chi connectivity index (χ4v) is 5.37. The zero-order chi connectivity index (χ0) is 19.7. The van der Waals surface area contributed by atoms with Crippen LogP contribution in [0.2, 0.25) is 0 Å². The normalized spacial score (nSPS) is 28.8. The summed E-state index contributed by atoms with van der Waals surface area (Å²) in [7, 11) is 0. The van der Waals surface area contributed by atoms with Crippen molar-refractivity contribution in [2.45, 2.75) is 45.1 Å². The molecule has 148 valence electrons. The number of fused-ring (bicyclic) bond motifs is 1. The molecule has 2 aliphatic rings. The van der Waals surface area contributed by atoms with Crippen molar-refractivity contribution in [3.63, 3.8) is 0 Å². The highest BCUT2D eigenvalue weighted by Gasteiger charge is 2.51. The van der Waals surface area contributed by atoms with Crippen LogP contribution < -0.4 is 16.1 Å². The number of carbonyl (C=O) groups excluding carboxylic acids is 1. The number of carbonyl (C=O) groups is 1. The van der Waals surface area contributed by atoms with Gasteiger partial charge in [0, 0.05) is 34.6 Å². The van der Waals surface area contributed by atoms with Crippen LogP contribution in [0.15, 0.2) is 48.5 Å². The molecular formula is C23H30N3O2+. The number of benzene rings is 2. The van der Waals surface area contributed by atoms with E-state index < -0.39 is 0 Å². The standard InChI is InChI=1S/C23H29N3O2/c1-15-11-18-12-16(2)14-23(18,13-15)25-22(27)17-3-5-19(6-4-17)24-20-7-9-21(26-28)10-8-20/h3-10,15-16,18,24,26,28H,11-14H2,1-2H3,(H,25,27)/p+1. The summed E-state index contributed by atoms with van der Waals surface area (Å²) < 4.78 is 0. The smallest absolute Gasteiger partial charge is 0.251 e. The van der Waals surface area contributed by atoms with Gasteiger partial charge in [-0.2, -0.15) is 5.48 Å². The van der Waals surface area contributed by atoms with Gasteiger partial charge in [0.1, 0.15) is 0 Å². The zero-order valence-corrected chi connectivity index (χ0v) is 16.6. The lowest BCUT2D eigenvalue weighted by molar-refractivity contribution is -0.825. The monoisotopic (exact) mass is 380 g/mol. The van der Waals surface area contributed by atoms with Crippen LogP contribution in [0.5, 0.6) is 0 Å². The largest absolute Gasteiger partial charge is 0.356 e. The molecule has 2 aliphatic carbocycles. The molecular weight excluding hydrogens is 350 g/mol. The Hall–Kier alpha value is -2.37. The number of rotatable bonds is 5. The molecule has 2 aromatic carbocycles. The van der Waals surface area contributed by atoms with Crippen molar-refractivity contribution < 1.29 is 15.5 Å². The van der Waals surface area contributed by atoms with Crippen molar-refractivity contribution in [1.82, 2.24) is 5.32 Å². The molecule has 0 spiro atoms. The van der Waals surface area contributed by atoms with Crippen LogP contribution in [0.4, 0.5) is 17.1 Å². The lowest BCUT2D eigenvalue weighted by Crippen LogP contribution is -2.73. The molecule has 2 saturated carbocycles. The quantitative estimate of drug-likeness (QED) is 0.468. The molecule has 5 nitrogen and oxygen atoms in total. The highest BCUT2D eigenvalue weighted by atomic mass is 16.5. The van der Waals surface area contributed by atoms with Gasteiger partial charge in [-0.15, -0.1) is 0 Å². The van der Waals surface area contributed by atoms with Gasteiger partial charge in [0.05, 0.1) is 0 Å². The Morgan fingerprint density at radius 1 is 0.964 bits per heavy atom. The summed E-state index contributed by atoms with van der Waals surface area (Å²) in [5.41, 5.74) is 4.41. The van der Waals surface area contributed by atoms with Crippen molar-refractivity contribution in [2.75, 3.05) is 5.32 Å². The van der Waals surface area contributed by atoms with Crippen LogP contribution in [-0.2, 0) is 0 Å². The fourth-order valence-electron chi connectivity index (χ4n) is 5.37. The van der Waals surface area contributed by atoms with E-state index in [1.54, 1.807) is 0 Å². The van der Waals surface area contributed by atoms with E-state index in [0.717, 1.165) is 35.4 Å². The van der Waals surface area contributed by atoms with Crippen LogP contribution in [0.3, 0.4) is 0 Å². The Balaban J connectivity index is 1.42. The van der Waals surface area contributed by atoms with Crippen LogP contribution in [0, 0.1) is 17.8 Å². The minimum Gasteiger partial charge on any atom is -0.356 e. The minimum atomic E-state index is -0.00168. The molecule has 0 heterocycles. The first kappa shape index (κ1) is 19.0. The van der Waals surface area contributed by atoms with E-state index >= 15 is 0 Å². The summed E-state index contributed by atoms with van der Waals surface area (Å²) in [6.45, 7) is 4.62. The molecule has 4 rings (SSSR count). The van der Waals surface area contributed by atoms with E-state index in [1.165, 1.54) is 12.8 Å². The van der Waals surface area contributed by atoms with E-state index in [2.05, 4.69) is 24.5 Å². The number of amides is 1. The molecule has 2 unspecified atom stereocenters. The number of hydrogen-bond donors (Lipinski definition) is 4. The van der Waals surface area contributed by atoms with E-state index in [-0.39, 0.29) is 11.4 Å². The average molecular weight is 381 g/mol. The Bertz CT molecular complexity index is 818. The summed E-state index contributed by atoms with van der Waals surface area (Å²) in [4.78, 5) is 12.9. The lowest BCUT2D eigenvalue weighted by Gasteiger charge is -2.31. The van der Waals surface area contributed by atoms with Gasteiger partial charge < -0.3 is 10.6 Å². The second-order valence-electron chi connectivity index (χ2n) is 8.85. The van der Waals surface area contributed by atoms with Crippen LogP contribution in [0.25, 0.3) is 0 Å². The molecule has 0 saturated heterocycles. The third-order valence-corrected chi connectivity index (χ3v) is 6.44. The summed E-state index contributed by atoms with van der Waals surface area (Å²) >= 11 is 0. The number of hydrogen-bond acceptors (Lipinski definition) is 3. The fraction of sp³-hybridized carbons (Fsp3) is 0.435. The summed E-state index contributed by atoms with van der Waals surface area (Å²) in [5, 5.41) is 15.7. The van der Waals surface area contributed by atoms with Crippen molar-refractivity contribution in [2.24, 2.45) is 17.8 Å². The van der Waals surface area contributed by atoms with Gasteiger partial charge in [0.2, 0.25) is 0 Å². The first-order chi connectivity index (χ1) is 13.5. The first-order valence-electron chi connectivity index (χ1n) is 10.2. The summed E-state index contributed by atoms with van der Waals surface area (Å²) in [5.74, 6) is 2.06. The molecule has 28 heavy (non-hydrogen) atoms. The number of quaternary nitrogens is 1. The maximum Gasteiger partial charge on any atom is 0.251 e. The molecule has 0 aliphatic heterocycles. The van der Waals surface area contributed by atoms with Gasteiger partial charge >= 0.3 is 0 Å². The van der Waals surface area contributed by atoms with Crippen molar-refractivity contribution in [3.05, 3.63) is 54.1 Å². The number of anilines is 2. The maximum atomic E-state index is 12.9. The molecule has 5 N–H and O–H groups in total. The Kier molecular flexibility index (Phi) is 5.13. The van der Waals surface area contributed by atoms with Crippen molar-refractivity contribution in [1.29, 1.82) is 0 Å². The Morgan fingerprint density at radius 2 is 1.50 bits per heavy atom. The van der Waals surface area contributed by atoms with E-state index in [4.69, 9.17) is 5.21 Å². The lowest BCUT2D eigenvalue weighted by atomic mass is 9.89. The minimum absolute atomic E-state index is 0.00168. The van der Waals surface area contributed by atoms with Crippen molar-refractivity contribution >= 4 is 23.0 Å². The Labute approximate surface area is 166 Å². The molecule has 2 fully saturated rings. The molecule has 2 atom stereocenters. The number of nitrogens with one attached hydrogen (secondary N) is 2. The van der Waals surface area contributed by atoms with Crippen LogP contribution in [-0.4, -0.2) is 16.7 Å². The van der Waals surface area contributed by atoms with Gasteiger partial charge in [0.25, 0.3) is 5.91 Å². The molecule has 2 aromatic rings. The third kappa shape index (κ3) is 3.77. The predicted molar refractivity (Wildman–Crippen MR) is 110 cm³/mol.